The predicted molar refractivity (Wildman–Crippen MR) is 88.9 cm³/mol. The molecule has 1 heterocycles. The number of thiophene rings is 1. The second-order valence-corrected chi connectivity index (χ2v) is 8.35. The van der Waals surface area contributed by atoms with Crippen LogP contribution in [-0.4, -0.2) is 12.6 Å². The fourth-order valence-corrected chi connectivity index (χ4v) is 5.08. The van der Waals surface area contributed by atoms with Crippen LogP contribution < -0.4 is 5.32 Å². The Balaban J connectivity index is 1.98. The third-order valence-corrected chi connectivity index (χ3v) is 5.99. The maximum absolute atomic E-state index is 3.72. The smallest absolute Gasteiger partial charge is 0.0701 e. The molecule has 0 bridgehead atoms. The molecule has 2 rings (SSSR count). The zero-order valence-electron chi connectivity index (χ0n) is 12.1. The van der Waals surface area contributed by atoms with Crippen LogP contribution in [0.3, 0.4) is 0 Å². The highest BCUT2D eigenvalue weighted by Crippen LogP contribution is 2.35. The highest BCUT2D eigenvalue weighted by atomic mass is 79.9. The maximum atomic E-state index is 3.72. The van der Waals surface area contributed by atoms with Gasteiger partial charge in [0.25, 0.3) is 0 Å². The van der Waals surface area contributed by atoms with E-state index in [0.29, 0.717) is 0 Å². The third-order valence-electron chi connectivity index (χ3n) is 4.35. The first-order chi connectivity index (χ1) is 9.22. The highest BCUT2D eigenvalue weighted by Gasteiger charge is 2.29. The van der Waals surface area contributed by atoms with Crippen molar-refractivity contribution < 1.29 is 0 Å². The van der Waals surface area contributed by atoms with Crippen LogP contribution >= 0.6 is 27.3 Å². The lowest BCUT2D eigenvalue weighted by Crippen LogP contribution is -2.41. The van der Waals surface area contributed by atoms with Crippen molar-refractivity contribution in [2.75, 3.05) is 6.54 Å². The molecule has 3 unspecified atom stereocenters. The van der Waals surface area contributed by atoms with Crippen LogP contribution in [0.2, 0.25) is 0 Å². The zero-order chi connectivity index (χ0) is 13.7. The summed E-state index contributed by atoms with van der Waals surface area (Å²) >= 11 is 5.49. The summed E-state index contributed by atoms with van der Waals surface area (Å²) in [6.07, 6.45) is 8.23. The van der Waals surface area contributed by atoms with Crippen molar-refractivity contribution in [3.8, 4) is 0 Å². The summed E-state index contributed by atoms with van der Waals surface area (Å²) in [5.41, 5.74) is 0. The first kappa shape index (κ1) is 15.5. The van der Waals surface area contributed by atoms with Gasteiger partial charge in [-0.15, -0.1) is 11.3 Å². The van der Waals surface area contributed by atoms with E-state index in [2.05, 4.69) is 47.2 Å². The third kappa shape index (κ3) is 4.57. The Bertz CT molecular complexity index is 377. The van der Waals surface area contributed by atoms with Crippen molar-refractivity contribution in [3.63, 3.8) is 0 Å². The Hall–Kier alpha value is 0.140. The summed E-state index contributed by atoms with van der Waals surface area (Å²) < 4.78 is 1.27. The molecule has 0 aromatic carbocycles. The van der Waals surface area contributed by atoms with Gasteiger partial charge >= 0.3 is 0 Å². The number of rotatable bonds is 6. The Morgan fingerprint density at radius 2 is 2.16 bits per heavy atom. The molecule has 1 aliphatic rings. The summed E-state index contributed by atoms with van der Waals surface area (Å²) in [6, 6.07) is 5.22. The van der Waals surface area contributed by atoms with Crippen LogP contribution in [0.15, 0.2) is 15.9 Å². The topological polar surface area (TPSA) is 12.0 Å². The van der Waals surface area contributed by atoms with E-state index in [1.165, 1.54) is 47.2 Å². The first-order valence-corrected chi connectivity index (χ1v) is 9.31. The number of hydrogen-bond acceptors (Lipinski definition) is 2. The summed E-state index contributed by atoms with van der Waals surface area (Å²) in [5, 5.41) is 3.72. The summed E-state index contributed by atoms with van der Waals surface area (Å²) in [5.74, 6) is 1.80. The first-order valence-electron chi connectivity index (χ1n) is 7.70. The summed E-state index contributed by atoms with van der Waals surface area (Å²) in [7, 11) is 0. The Labute approximate surface area is 130 Å². The molecule has 1 aliphatic carbocycles. The van der Waals surface area contributed by atoms with E-state index in [1.807, 2.05) is 11.3 Å². The summed E-state index contributed by atoms with van der Waals surface area (Å²) in [4.78, 5) is 1.54. The van der Waals surface area contributed by atoms with Gasteiger partial charge < -0.3 is 5.32 Å². The van der Waals surface area contributed by atoms with Crippen molar-refractivity contribution in [2.24, 2.45) is 11.8 Å². The molecule has 0 aliphatic heterocycles. The van der Waals surface area contributed by atoms with Gasteiger partial charge in [-0.2, -0.15) is 0 Å². The Kier molecular flexibility index (Phi) is 6.37. The van der Waals surface area contributed by atoms with Crippen LogP contribution in [0, 0.1) is 11.8 Å². The lowest BCUT2D eigenvalue weighted by molar-refractivity contribution is 0.196. The normalized spacial score (nSPS) is 27.6. The highest BCUT2D eigenvalue weighted by molar-refractivity contribution is 9.11. The van der Waals surface area contributed by atoms with Gasteiger partial charge in [-0.25, -0.2) is 0 Å². The minimum absolute atomic E-state index is 0.735. The van der Waals surface area contributed by atoms with Crippen molar-refractivity contribution in [3.05, 3.63) is 20.8 Å². The van der Waals surface area contributed by atoms with Crippen LogP contribution in [0.1, 0.15) is 50.8 Å². The fraction of sp³-hybridized carbons (Fsp3) is 0.750. The SMILES string of the molecule is CCCC1CCC(NCC)C(Cc2ccc(Br)s2)C1. The maximum Gasteiger partial charge on any atom is 0.0701 e. The van der Waals surface area contributed by atoms with Gasteiger partial charge in [0.15, 0.2) is 0 Å². The largest absolute Gasteiger partial charge is 0.314 e. The molecular formula is C16H26BrNS. The molecule has 108 valence electrons. The van der Waals surface area contributed by atoms with Crippen molar-refractivity contribution in [1.29, 1.82) is 0 Å². The lowest BCUT2D eigenvalue weighted by atomic mass is 9.75. The molecule has 3 heteroatoms. The number of halogens is 1. The van der Waals surface area contributed by atoms with E-state index >= 15 is 0 Å². The molecule has 0 spiro atoms. The molecule has 1 N–H and O–H groups in total. The van der Waals surface area contributed by atoms with Gasteiger partial charge in [0.1, 0.15) is 0 Å². The van der Waals surface area contributed by atoms with Crippen LogP contribution in [-0.2, 0) is 6.42 Å². The average Bonchev–Trinajstić information content (AvgIpc) is 2.79. The van der Waals surface area contributed by atoms with Gasteiger partial charge in [0.05, 0.1) is 3.79 Å². The molecule has 1 fully saturated rings. The van der Waals surface area contributed by atoms with Gasteiger partial charge in [-0.3, -0.25) is 0 Å². The quantitative estimate of drug-likeness (QED) is 0.743. The Morgan fingerprint density at radius 3 is 2.79 bits per heavy atom. The summed E-state index contributed by atoms with van der Waals surface area (Å²) in [6.45, 7) is 5.66. The fourth-order valence-electron chi connectivity index (χ4n) is 3.51. The standard InChI is InChI=1S/C16H26BrNS/c1-3-5-12-6-8-15(18-4-2)13(10-12)11-14-7-9-16(17)19-14/h7,9,12-13,15,18H,3-6,8,10-11H2,1-2H3. The minimum Gasteiger partial charge on any atom is -0.314 e. The van der Waals surface area contributed by atoms with E-state index in [0.717, 1.165) is 24.4 Å². The molecule has 0 amide bonds. The molecule has 1 aromatic rings. The van der Waals surface area contributed by atoms with E-state index in [1.54, 1.807) is 0 Å². The van der Waals surface area contributed by atoms with E-state index in [4.69, 9.17) is 0 Å². The van der Waals surface area contributed by atoms with E-state index < -0.39 is 0 Å². The van der Waals surface area contributed by atoms with Crippen molar-refractivity contribution >= 4 is 27.3 Å². The average molecular weight is 344 g/mol. The Morgan fingerprint density at radius 1 is 1.32 bits per heavy atom. The van der Waals surface area contributed by atoms with Gasteiger partial charge in [0.2, 0.25) is 0 Å². The number of hydrogen-bond donors (Lipinski definition) is 1. The lowest BCUT2D eigenvalue weighted by Gasteiger charge is -2.36. The second-order valence-electron chi connectivity index (χ2n) is 5.80. The molecule has 3 atom stereocenters. The molecule has 1 aromatic heterocycles. The van der Waals surface area contributed by atoms with Crippen LogP contribution in [0.4, 0.5) is 0 Å². The van der Waals surface area contributed by atoms with Gasteiger partial charge in [0, 0.05) is 10.9 Å². The molecular weight excluding hydrogens is 318 g/mol. The van der Waals surface area contributed by atoms with E-state index in [-0.39, 0.29) is 0 Å². The van der Waals surface area contributed by atoms with Crippen LogP contribution in [0.25, 0.3) is 0 Å². The van der Waals surface area contributed by atoms with Crippen molar-refractivity contribution in [1.82, 2.24) is 5.32 Å². The van der Waals surface area contributed by atoms with Gasteiger partial charge in [-0.05, 0) is 72.1 Å². The van der Waals surface area contributed by atoms with Crippen LogP contribution in [0.5, 0.6) is 0 Å². The zero-order valence-corrected chi connectivity index (χ0v) is 14.5. The molecule has 0 radical (unpaired) electrons. The molecule has 1 saturated carbocycles. The number of nitrogens with one attached hydrogen (secondary N) is 1. The van der Waals surface area contributed by atoms with Gasteiger partial charge in [-0.1, -0.05) is 26.7 Å². The minimum atomic E-state index is 0.735. The molecule has 19 heavy (non-hydrogen) atoms. The second kappa shape index (κ2) is 7.80. The predicted octanol–water partition coefficient (Wildman–Crippen LogP) is 5.25. The molecule has 1 nitrogen and oxygen atoms in total. The monoisotopic (exact) mass is 343 g/mol. The molecule has 0 saturated heterocycles. The van der Waals surface area contributed by atoms with Crippen molar-refractivity contribution in [2.45, 2.75) is 58.4 Å². The van der Waals surface area contributed by atoms with E-state index in [9.17, 15) is 0 Å².